The van der Waals surface area contributed by atoms with Crippen LogP contribution in [0.2, 0.25) is 0 Å². The van der Waals surface area contributed by atoms with Crippen molar-refractivity contribution in [3.63, 3.8) is 0 Å². The van der Waals surface area contributed by atoms with E-state index in [1.165, 1.54) is 0 Å². The van der Waals surface area contributed by atoms with E-state index < -0.39 is 5.97 Å². The number of carboxylic acid groups (broad SMARTS) is 1. The van der Waals surface area contributed by atoms with Crippen molar-refractivity contribution in [1.82, 2.24) is 4.90 Å². The van der Waals surface area contributed by atoms with E-state index in [0.717, 1.165) is 17.7 Å². The van der Waals surface area contributed by atoms with Gasteiger partial charge in [-0.25, -0.2) is 0 Å². The molecule has 0 unspecified atom stereocenters. The van der Waals surface area contributed by atoms with Gasteiger partial charge in [0.05, 0.1) is 13.1 Å². The molecule has 1 aromatic rings. The van der Waals surface area contributed by atoms with Crippen LogP contribution in [0.3, 0.4) is 0 Å². The molecule has 0 saturated heterocycles. The quantitative estimate of drug-likeness (QED) is 0.800. The normalized spacial score (nSPS) is 10.8. The summed E-state index contributed by atoms with van der Waals surface area (Å²) in [6.07, 6.45) is 0.904. The first-order valence-electron chi connectivity index (χ1n) is 6.77. The van der Waals surface area contributed by atoms with Crippen molar-refractivity contribution in [3.8, 4) is 0 Å². The number of amides is 1. The number of rotatable bonds is 7. The van der Waals surface area contributed by atoms with E-state index in [-0.39, 0.29) is 25.0 Å². The van der Waals surface area contributed by atoms with Gasteiger partial charge in [0.25, 0.3) is 0 Å². The van der Waals surface area contributed by atoms with Crippen molar-refractivity contribution in [2.24, 2.45) is 0 Å². The molecule has 2 N–H and O–H groups in total. The lowest BCUT2D eigenvalue weighted by molar-refractivity contribution is -0.139. The molecular formula is C15H22N2O3. The Morgan fingerprint density at radius 3 is 2.55 bits per heavy atom. The number of carboxylic acids is 1. The summed E-state index contributed by atoms with van der Waals surface area (Å²) >= 11 is 0. The van der Waals surface area contributed by atoms with Crippen LogP contribution in [0.5, 0.6) is 0 Å². The van der Waals surface area contributed by atoms with Crippen molar-refractivity contribution in [2.75, 3.05) is 18.4 Å². The lowest BCUT2D eigenvalue weighted by Gasteiger charge is -2.23. The molecule has 0 atom stereocenters. The first-order valence-corrected chi connectivity index (χ1v) is 6.77. The molecule has 5 nitrogen and oxygen atoms in total. The van der Waals surface area contributed by atoms with Crippen molar-refractivity contribution in [1.29, 1.82) is 0 Å². The second-order valence-corrected chi connectivity index (χ2v) is 4.99. The summed E-state index contributed by atoms with van der Waals surface area (Å²) in [6.45, 7) is 5.72. The van der Waals surface area contributed by atoms with Crippen LogP contribution in [0.1, 0.15) is 26.3 Å². The van der Waals surface area contributed by atoms with Gasteiger partial charge in [0.2, 0.25) is 5.91 Å². The Labute approximate surface area is 119 Å². The number of benzene rings is 1. The molecule has 0 saturated carbocycles. The van der Waals surface area contributed by atoms with Crippen LogP contribution in [0.4, 0.5) is 5.69 Å². The first-order chi connectivity index (χ1) is 9.42. The molecule has 1 amide bonds. The van der Waals surface area contributed by atoms with Crippen molar-refractivity contribution in [2.45, 2.75) is 33.2 Å². The molecule has 20 heavy (non-hydrogen) atoms. The second-order valence-electron chi connectivity index (χ2n) is 4.99. The summed E-state index contributed by atoms with van der Waals surface area (Å²) in [5.74, 6) is -1.13. The Morgan fingerprint density at radius 2 is 2.00 bits per heavy atom. The summed E-state index contributed by atoms with van der Waals surface area (Å²) in [5.41, 5.74) is 1.89. The van der Waals surface area contributed by atoms with Crippen LogP contribution >= 0.6 is 0 Å². The average Bonchev–Trinajstić information content (AvgIpc) is 2.37. The fraction of sp³-hybridized carbons (Fsp3) is 0.467. The van der Waals surface area contributed by atoms with Crippen molar-refractivity contribution >= 4 is 17.6 Å². The Bertz CT molecular complexity index is 472. The van der Waals surface area contributed by atoms with Gasteiger partial charge in [0.15, 0.2) is 0 Å². The molecule has 0 aliphatic heterocycles. The van der Waals surface area contributed by atoms with E-state index in [2.05, 4.69) is 5.32 Å². The van der Waals surface area contributed by atoms with E-state index in [1.807, 2.05) is 45.0 Å². The number of anilines is 1. The third kappa shape index (κ3) is 5.40. The monoisotopic (exact) mass is 278 g/mol. The van der Waals surface area contributed by atoms with Gasteiger partial charge < -0.3 is 10.4 Å². The molecule has 0 aliphatic carbocycles. The summed E-state index contributed by atoms with van der Waals surface area (Å²) < 4.78 is 0. The molecule has 0 heterocycles. The number of aliphatic carboxylic acids is 1. The zero-order chi connectivity index (χ0) is 15.1. The molecule has 0 aliphatic rings. The van der Waals surface area contributed by atoms with Gasteiger partial charge in [-0.1, -0.05) is 19.1 Å². The minimum Gasteiger partial charge on any atom is -0.480 e. The summed E-state index contributed by atoms with van der Waals surface area (Å²) in [6, 6.07) is 7.65. The SMILES string of the molecule is CCc1cccc(NC(=O)CN(CC(=O)O)C(C)C)c1. The maximum atomic E-state index is 12.0. The van der Waals surface area contributed by atoms with E-state index in [9.17, 15) is 9.59 Å². The highest BCUT2D eigenvalue weighted by Crippen LogP contribution is 2.11. The maximum Gasteiger partial charge on any atom is 0.317 e. The fourth-order valence-electron chi connectivity index (χ4n) is 1.85. The number of nitrogens with zero attached hydrogens (tertiary/aromatic N) is 1. The maximum absolute atomic E-state index is 12.0. The second kappa shape index (κ2) is 7.65. The average molecular weight is 278 g/mol. The smallest absolute Gasteiger partial charge is 0.317 e. The van der Waals surface area contributed by atoms with Gasteiger partial charge in [-0.15, -0.1) is 0 Å². The zero-order valence-electron chi connectivity index (χ0n) is 12.2. The fourth-order valence-corrected chi connectivity index (χ4v) is 1.85. The van der Waals surface area contributed by atoms with E-state index >= 15 is 0 Å². The van der Waals surface area contributed by atoms with Crippen LogP contribution in [0.25, 0.3) is 0 Å². The predicted molar refractivity (Wildman–Crippen MR) is 78.8 cm³/mol. The molecule has 0 radical (unpaired) electrons. The van der Waals surface area contributed by atoms with Crippen LogP contribution in [-0.4, -0.2) is 41.0 Å². The third-order valence-corrected chi connectivity index (χ3v) is 3.03. The lowest BCUT2D eigenvalue weighted by Crippen LogP contribution is -2.41. The van der Waals surface area contributed by atoms with E-state index in [4.69, 9.17) is 5.11 Å². The zero-order valence-corrected chi connectivity index (χ0v) is 12.2. The molecule has 0 aromatic heterocycles. The highest BCUT2D eigenvalue weighted by molar-refractivity contribution is 5.92. The number of hydrogen-bond acceptors (Lipinski definition) is 3. The van der Waals surface area contributed by atoms with Crippen LogP contribution in [0.15, 0.2) is 24.3 Å². The number of nitrogens with one attached hydrogen (secondary N) is 1. The molecule has 1 aromatic carbocycles. The van der Waals surface area contributed by atoms with Crippen LogP contribution in [-0.2, 0) is 16.0 Å². The third-order valence-electron chi connectivity index (χ3n) is 3.03. The highest BCUT2D eigenvalue weighted by Gasteiger charge is 2.17. The van der Waals surface area contributed by atoms with E-state index in [0.29, 0.717) is 0 Å². The molecule has 0 bridgehead atoms. The minimum atomic E-state index is -0.931. The molecule has 110 valence electrons. The summed E-state index contributed by atoms with van der Waals surface area (Å²) in [7, 11) is 0. The molecule has 1 rings (SSSR count). The highest BCUT2D eigenvalue weighted by atomic mass is 16.4. The van der Waals surface area contributed by atoms with Gasteiger partial charge in [0.1, 0.15) is 0 Å². The van der Waals surface area contributed by atoms with E-state index in [1.54, 1.807) is 4.90 Å². The number of carbonyl (C=O) groups excluding carboxylic acids is 1. The number of aryl methyl sites for hydroxylation is 1. The Kier molecular flexibility index (Phi) is 6.18. The predicted octanol–water partition coefficient (Wildman–Crippen LogP) is 1.98. The molecule has 0 spiro atoms. The largest absolute Gasteiger partial charge is 0.480 e. The number of carbonyl (C=O) groups is 2. The van der Waals surface area contributed by atoms with Crippen molar-refractivity contribution in [3.05, 3.63) is 29.8 Å². The summed E-state index contributed by atoms with van der Waals surface area (Å²) in [5, 5.41) is 11.6. The molecule has 0 fully saturated rings. The van der Waals surface area contributed by atoms with Crippen LogP contribution < -0.4 is 5.32 Å². The topological polar surface area (TPSA) is 69.6 Å². The Morgan fingerprint density at radius 1 is 1.30 bits per heavy atom. The van der Waals surface area contributed by atoms with Crippen LogP contribution in [0, 0.1) is 0 Å². The van der Waals surface area contributed by atoms with Gasteiger partial charge in [-0.2, -0.15) is 0 Å². The summed E-state index contributed by atoms with van der Waals surface area (Å²) in [4.78, 5) is 24.3. The van der Waals surface area contributed by atoms with Crippen molar-refractivity contribution < 1.29 is 14.7 Å². The number of hydrogen-bond donors (Lipinski definition) is 2. The van der Waals surface area contributed by atoms with Gasteiger partial charge in [-0.3, -0.25) is 14.5 Å². The lowest BCUT2D eigenvalue weighted by atomic mass is 10.1. The van der Waals surface area contributed by atoms with Gasteiger partial charge >= 0.3 is 5.97 Å². The van der Waals surface area contributed by atoms with Gasteiger partial charge in [-0.05, 0) is 38.0 Å². The Hall–Kier alpha value is -1.88. The molecular weight excluding hydrogens is 256 g/mol. The van der Waals surface area contributed by atoms with Gasteiger partial charge in [0, 0.05) is 11.7 Å². The minimum absolute atomic E-state index is 0.00109. The Balaban J connectivity index is 2.62. The standard InChI is InChI=1S/C15H22N2O3/c1-4-12-6-5-7-13(8-12)16-14(18)9-17(11(2)3)10-15(19)20/h5-8,11H,4,9-10H2,1-3H3,(H,16,18)(H,19,20). The first kappa shape index (κ1) is 16.2. The molecule has 5 heteroatoms.